The number of carbonyl (C=O) groups is 3. The minimum Gasteiger partial charge on any atom is -0.480 e. The topological polar surface area (TPSA) is 112 Å². The van der Waals surface area contributed by atoms with Crippen molar-refractivity contribution in [2.45, 2.75) is 25.3 Å². The van der Waals surface area contributed by atoms with Crippen LogP contribution < -0.4 is 4.90 Å². The van der Waals surface area contributed by atoms with Gasteiger partial charge in [0, 0.05) is 24.8 Å². The Kier molecular flexibility index (Phi) is 4.10. The molecule has 0 saturated carbocycles. The summed E-state index contributed by atoms with van der Waals surface area (Å²) in [6.45, 7) is 3.36. The zero-order chi connectivity index (χ0) is 19.4. The summed E-state index contributed by atoms with van der Waals surface area (Å²) in [4.78, 5) is 39.3. The second-order valence-electron chi connectivity index (χ2n) is 7.19. The maximum atomic E-state index is 12.9. The highest BCUT2D eigenvalue weighted by Gasteiger charge is 2.43. The third-order valence-electron chi connectivity index (χ3n) is 5.09. The Labute approximate surface area is 151 Å². The van der Waals surface area contributed by atoms with Gasteiger partial charge in [0.2, 0.25) is 5.91 Å². The molecule has 0 bridgehead atoms. The fourth-order valence-electron chi connectivity index (χ4n) is 3.53. The molecule has 9 heteroatoms. The molecule has 0 radical (unpaired) electrons. The minimum atomic E-state index is -3.49. The first-order chi connectivity index (χ1) is 12.0. The molecule has 140 valence electrons. The lowest BCUT2D eigenvalue weighted by molar-refractivity contribution is -0.141. The van der Waals surface area contributed by atoms with Crippen LogP contribution in [0.2, 0.25) is 0 Å². The van der Waals surface area contributed by atoms with Crippen molar-refractivity contribution < 1.29 is 27.9 Å². The fraction of sp³-hybridized carbons (Fsp3) is 0.471. The van der Waals surface area contributed by atoms with Crippen LogP contribution in [-0.4, -0.2) is 67.3 Å². The lowest BCUT2D eigenvalue weighted by Gasteiger charge is -2.33. The van der Waals surface area contributed by atoms with Gasteiger partial charge in [-0.15, -0.1) is 0 Å². The van der Waals surface area contributed by atoms with E-state index in [1.165, 1.54) is 11.0 Å². The van der Waals surface area contributed by atoms with E-state index in [9.17, 15) is 27.9 Å². The Morgan fingerprint density at radius 3 is 2.54 bits per heavy atom. The van der Waals surface area contributed by atoms with Crippen molar-refractivity contribution in [3.8, 4) is 0 Å². The number of hydrogen-bond acceptors (Lipinski definition) is 5. The zero-order valence-electron chi connectivity index (χ0n) is 14.7. The second-order valence-corrected chi connectivity index (χ2v) is 9.42. The van der Waals surface area contributed by atoms with Crippen LogP contribution >= 0.6 is 0 Å². The molecule has 0 aromatic heterocycles. The predicted molar refractivity (Wildman–Crippen MR) is 94.0 cm³/mol. The maximum Gasteiger partial charge on any atom is 0.327 e. The van der Waals surface area contributed by atoms with Gasteiger partial charge < -0.3 is 14.9 Å². The number of carbonyl (C=O) groups excluding carboxylic acids is 2. The number of carboxylic acid groups (broad SMARTS) is 1. The van der Waals surface area contributed by atoms with Crippen LogP contribution in [-0.2, 0) is 24.8 Å². The molecule has 1 fully saturated rings. The third-order valence-corrected chi connectivity index (χ3v) is 6.72. The van der Waals surface area contributed by atoms with Gasteiger partial charge in [-0.25, -0.2) is 13.2 Å². The van der Waals surface area contributed by atoms with Crippen LogP contribution in [0.25, 0.3) is 0 Å². The van der Waals surface area contributed by atoms with Crippen molar-refractivity contribution in [3.63, 3.8) is 0 Å². The summed E-state index contributed by atoms with van der Waals surface area (Å²) >= 11 is 0. The van der Waals surface area contributed by atoms with Gasteiger partial charge in [-0.3, -0.25) is 9.59 Å². The average Bonchev–Trinajstić information content (AvgIpc) is 2.74. The predicted octanol–water partition coefficient (Wildman–Crippen LogP) is 0.264. The largest absolute Gasteiger partial charge is 0.480 e. The monoisotopic (exact) mass is 380 g/mol. The van der Waals surface area contributed by atoms with E-state index in [2.05, 4.69) is 0 Å². The van der Waals surface area contributed by atoms with E-state index < -0.39 is 38.9 Å². The Bertz CT molecular complexity index is 921. The number of rotatable bonds is 2. The third kappa shape index (κ3) is 2.76. The summed E-state index contributed by atoms with van der Waals surface area (Å²) in [7, 11) is -1.83. The molecule has 2 heterocycles. The van der Waals surface area contributed by atoms with Gasteiger partial charge in [0.05, 0.1) is 16.9 Å². The quantitative estimate of drug-likeness (QED) is 0.788. The minimum absolute atomic E-state index is 0.0930. The molecule has 1 aromatic rings. The lowest BCUT2D eigenvalue weighted by atomic mass is 9.85. The molecule has 0 spiro atoms. The summed E-state index contributed by atoms with van der Waals surface area (Å²) < 4.78 is 23.5. The maximum absolute atomic E-state index is 12.9. The number of anilines is 1. The SMILES string of the molecule is CN1C(=O)C(C)(C)c2cc(C(=O)N3CCS(=O)(=O)CC3C(=O)O)ccc21. The molecule has 1 aromatic carbocycles. The summed E-state index contributed by atoms with van der Waals surface area (Å²) in [6.07, 6.45) is 0. The van der Waals surface area contributed by atoms with Crippen molar-refractivity contribution >= 4 is 33.3 Å². The van der Waals surface area contributed by atoms with E-state index in [-0.39, 0.29) is 23.8 Å². The normalized spacial score (nSPS) is 23.7. The summed E-state index contributed by atoms with van der Waals surface area (Å²) in [5.41, 5.74) is 0.836. The van der Waals surface area contributed by atoms with Crippen molar-refractivity contribution in [2.75, 3.05) is 30.0 Å². The standard InChI is InChI=1S/C17H20N2O6S/c1-17(2)11-8-10(4-5-12(11)18(3)16(17)23)14(20)19-6-7-26(24,25)9-13(19)15(21)22/h4-5,8,13H,6-7,9H2,1-3H3,(H,21,22). The Morgan fingerprint density at radius 2 is 1.92 bits per heavy atom. The van der Waals surface area contributed by atoms with E-state index in [1.807, 2.05) is 0 Å². The van der Waals surface area contributed by atoms with Crippen LogP contribution in [0.5, 0.6) is 0 Å². The number of benzene rings is 1. The van der Waals surface area contributed by atoms with Crippen molar-refractivity contribution in [2.24, 2.45) is 0 Å². The highest BCUT2D eigenvalue weighted by atomic mass is 32.2. The molecule has 1 unspecified atom stereocenters. The Hall–Kier alpha value is -2.42. The second kappa shape index (κ2) is 5.80. The molecule has 1 atom stereocenters. The smallest absolute Gasteiger partial charge is 0.327 e. The van der Waals surface area contributed by atoms with Crippen LogP contribution in [0.4, 0.5) is 5.69 Å². The van der Waals surface area contributed by atoms with E-state index in [4.69, 9.17) is 0 Å². The number of carboxylic acids is 1. The Balaban J connectivity index is 1.98. The van der Waals surface area contributed by atoms with E-state index >= 15 is 0 Å². The van der Waals surface area contributed by atoms with Gasteiger partial charge in [-0.2, -0.15) is 0 Å². The molecule has 2 aliphatic rings. The number of amides is 2. The van der Waals surface area contributed by atoms with Crippen molar-refractivity contribution in [1.29, 1.82) is 0 Å². The number of hydrogen-bond donors (Lipinski definition) is 1. The van der Waals surface area contributed by atoms with Gasteiger partial charge in [0.15, 0.2) is 9.84 Å². The molecule has 2 aliphatic heterocycles. The van der Waals surface area contributed by atoms with Gasteiger partial charge in [0.25, 0.3) is 5.91 Å². The van der Waals surface area contributed by atoms with Crippen LogP contribution in [0.15, 0.2) is 18.2 Å². The average molecular weight is 380 g/mol. The van der Waals surface area contributed by atoms with Gasteiger partial charge in [-0.1, -0.05) is 0 Å². The number of aliphatic carboxylic acids is 1. The van der Waals surface area contributed by atoms with E-state index in [0.29, 0.717) is 11.3 Å². The molecule has 8 nitrogen and oxygen atoms in total. The number of sulfone groups is 1. The molecular weight excluding hydrogens is 360 g/mol. The molecule has 1 N–H and O–H groups in total. The highest BCUT2D eigenvalue weighted by molar-refractivity contribution is 7.91. The van der Waals surface area contributed by atoms with Crippen LogP contribution in [0.3, 0.4) is 0 Å². The number of nitrogens with zero attached hydrogens (tertiary/aromatic N) is 2. The fourth-order valence-corrected chi connectivity index (χ4v) is 4.97. The van der Waals surface area contributed by atoms with E-state index in [0.717, 1.165) is 4.90 Å². The Morgan fingerprint density at radius 1 is 1.27 bits per heavy atom. The highest BCUT2D eigenvalue weighted by Crippen LogP contribution is 2.41. The van der Waals surface area contributed by atoms with Gasteiger partial charge in [0.1, 0.15) is 6.04 Å². The van der Waals surface area contributed by atoms with E-state index in [1.54, 1.807) is 33.0 Å². The molecule has 2 amide bonds. The van der Waals surface area contributed by atoms with Gasteiger partial charge in [-0.05, 0) is 37.6 Å². The first kappa shape index (κ1) is 18.4. The van der Waals surface area contributed by atoms with Crippen LogP contribution in [0, 0.1) is 0 Å². The van der Waals surface area contributed by atoms with Crippen LogP contribution in [0.1, 0.15) is 29.8 Å². The molecule has 0 aliphatic carbocycles. The molecular formula is C17H20N2O6S. The summed E-state index contributed by atoms with van der Waals surface area (Å²) in [5.74, 6) is -2.85. The molecule has 3 rings (SSSR count). The first-order valence-corrected chi connectivity index (χ1v) is 9.95. The lowest BCUT2D eigenvalue weighted by Crippen LogP contribution is -2.54. The first-order valence-electron chi connectivity index (χ1n) is 8.12. The zero-order valence-corrected chi connectivity index (χ0v) is 15.5. The summed E-state index contributed by atoms with van der Waals surface area (Å²) in [6, 6.07) is 3.38. The number of likely N-dealkylation sites (N-methyl/N-ethyl adjacent to an activating group) is 1. The van der Waals surface area contributed by atoms with Gasteiger partial charge >= 0.3 is 5.97 Å². The van der Waals surface area contributed by atoms with Crippen molar-refractivity contribution in [1.82, 2.24) is 4.90 Å². The summed E-state index contributed by atoms with van der Waals surface area (Å²) in [5, 5.41) is 9.33. The number of fused-ring (bicyclic) bond motifs is 1. The van der Waals surface area contributed by atoms with Crippen molar-refractivity contribution in [3.05, 3.63) is 29.3 Å². The molecule has 1 saturated heterocycles. The molecule has 26 heavy (non-hydrogen) atoms.